The van der Waals surface area contributed by atoms with Crippen molar-refractivity contribution in [2.45, 2.75) is 39.7 Å². The number of hydrogen-bond donors (Lipinski definition) is 0. The van der Waals surface area contributed by atoms with E-state index < -0.39 is 0 Å². The van der Waals surface area contributed by atoms with E-state index >= 15 is 0 Å². The van der Waals surface area contributed by atoms with Crippen molar-refractivity contribution >= 4 is 5.97 Å². The Bertz CT molecular complexity index is 303. The summed E-state index contributed by atoms with van der Waals surface area (Å²) in [5.74, 6) is 0.975. The molecule has 0 aliphatic heterocycles. The van der Waals surface area contributed by atoms with Crippen LogP contribution in [-0.2, 0) is 9.53 Å². The SMILES string of the molecule is CC(=O)O[C@]1(C)C=C[C@H]2C[C@@H]1C2(C)C. The van der Waals surface area contributed by atoms with E-state index in [0.717, 1.165) is 6.42 Å². The summed E-state index contributed by atoms with van der Waals surface area (Å²) in [7, 11) is 0. The quantitative estimate of drug-likeness (QED) is 0.473. The molecule has 0 saturated heterocycles. The second kappa shape index (κ2) is 2.62. The lowest BCUT2D eigenvalue weighted by molar-refractivity contribution is -0.178. The van der Waals surface area contributed by atoms with Crippen LogP contribution < -0.4 is 0 Å². The zero-order valence-electron chi connectivity index (χ0n) is 9.33. The van der Waals surface area contributed by atoms with Gasteiger partial charge in [0.05, 0.1) is 0 Å². The van der Waals surface area contributed by atoms with Crippen molar-refractivity contribution in [3.8, 4) is 0 Å². The molecule has 3 aliphatic carbocycles. The summed E-state index contributed by atoms with van der Waals surface area (Å²) in [6.07, 6.45) is 5.44. The Morgan fingerprint density at radius 3 is 2.50 bits per heavy atom. The lowest BCUT2D eigenvalue weighted by atomic mass is 9.47. The summed E-state index contributed by atoms with van der Waals surface area (Å²) in [6.45, 7) is 8.03. The number of carbonyl (C=O) groups excluding carboxylic acids is 1. The van der Waals surface area contributed by atoms with Gasteiger partial charge < -0.3 is 4.74 Å². The van der Waals surface area contributed by atoms with Crippen LogP contribution in [0.1, 0.15) is 34.1 Å². The van der Waals surface area contributed by atoms with Crippen molar-refractivity contribution in [3.63, 3.8) is 0 Å². The summed E-state index contributed by atoms with van der Waals surface area (Å²) < 4.78 is 5.44. The van der Waals surface area contributed by atoms with E-state index in [0.29, 0.717) is 17.3 Å². The molecule has 3 atom stereocenters. The van der Waals surface area contributed by atoms with Gasteiger partial charge in [-0.2, -0.15) is 0 Å². The van der Waals surface area contributed by atoms with Crippen LogP contribution in [0.2, 0.25) is 0 Å². The molecular weight excluding hydrogens is 176 g/mol. The largest absolute Gasteiger partial charge is 0.455 e. The zero-order chi connectivity index (χ0) is 10.6. The van der Waals surface area contributed by atoms with Gasteiger partial charge >= 0.3 is 5.97 Å². The van der Waals surface area contributed by atoms with Crippen molar-refractivity contribution in [3.05, 3.63) is 12.2 Å². The molecule has 0 unspecified atom stereocenters. The van der Waals surface area contributed by atoms with Gasteiger partial charge in [-0.15, -0.1) is 0 Å². The van der Waals surface area contributed by atoms with Gasteiger partial charge in [-0.3, -0.25) is 4.79 Å². The third kappa shape index (κ3) is 1.13. The highest BCUT2D eigenvalue weighted by atomic mass is 16.6. The topological polar surface area (TPSA) is 26.3 Å². The molecule has 0 spiro atoms. The first-order valence-corrected chi connectivity index (χ1v) is 5.25. The lowest BCUT2D eigenvalue weighted by Crippen LogP contribution is -2.58. The van der Waals surface area contributed by atoms with Gasteiger partial charge in [0.25, 0.3) is 0 Å². The molecular formula is C12H18O2. The molecule has 3 rings (SSSR count). The molecule has 1 fully saturated rings. The molecule has 2 bridgehead atoms. The number of ether oxygens (including phenoxy) is 1. The third-order valence-electron chi connectivity index (χ3n) is 4.06. The molecule has 0 heterocycles. The number of carbonyl (C=O) groups is 1. The van der Waals surface area contributed by atoms with Crippen LogP contribution >= 0.6 is 0 Å². The Morgan fingerprint density at radius 2 is 2.07 bits per heavy atom. The van der Waals surface area contributed by atoms with Crippen LogP contribution in [0, 0.1) is 17.3 Å². The van der Waals surface area contributed by atoms with Crippen LogP contribution in [0.4, 0.5) is 0 Å². The van der Waals surface area contributed by atoms with Crippen molar-refractivity contribution < 1.29 is 9.53 Å². The van der Waals surface area contributed by atoms with E-state index in [-0.39, 0.29) is 11.6 Å². The standard InChI is InChI=1S/C12H18O2/c1-8(13)14-12(4)6-5-9-7-10(12)11(9,2)3/h5-6,9-10H,7H2,1-4H3/t9-,10+,12+/m0/s1. The van der Waals surface area contributed by atoms with E-state index in [2.05, 4.69) is 26.0 Å². The van der Waals surface area contributed by atoms with Gasteiger partial charge in [0, 0.05) is 12.8 Å². The van der Waals surface area contributed by atoms with Crippen LogP contribution in [0.5, 0.6) is 0 Å². The van der Waals surface area contributed by atoms with Crippen molar-refractivity contribution in [1.29, 1.82) is 0 Å². The molecule has 0 aromatic heterocycles. The molecule has 0 amide bonds. The first-order valence-electron chi connectivity index (χ1n) is 5.25. The second-order valence-corrected chi connectivity index (χ2v) is 5.35. The van der Waals surface area contributed by atoms with Gasteiger partial charge in [0.15, 0.2) is 0 Å². The highest BCUT2D eigenvalue weighted by Gasteiger charge is 2.58. The summed E-state index contributed by atoms with van der Waals surface area (Å²) in [5.41, 5.74) is -0.0803. The number of rotatable bonds is 1. The molecule has 2 nitrogen and oxygen atoms in total. The Kier molecular flexibility index (Phi) is 1.82. The molecule has 0 aromatic rings. The van der Waals surface area contributed by atoms with Gasteiger partial charge in [0.2, 0.25) is 0 Å². The zero-order valence-corrected chi connectivity index (χ0v) is 9.33. The third-order valence-corrected chi connectivity index (χ3v) is 4.06. The number of fused-ring (bicyclic) bond motifs is 1. The van der Waals surface area contributed by atoms with Gasteiger partial charge in [-0.25, -0.2) is 0 Å². The first kappa shape index (κ1) is 9.75. The highest BCUT2D eigenvalue weighted by molar-refractivity contribution is 5.67. The Morgan fingerprint density at radius 1 is 1.43 bits per heavy atom. The van der Waals surface area contributed by atoms with Crippen LogP contribution in [0.25, 0.3) is 0 Å². The van der Waals surface area contributed by atoms with Gasteiger partial charge in [0.1, 0.15) is 5.60 Å². The van der Waals surface area contributed by atoms with E-state index in [4.69, 9.17) is 4.74 Å². The maximum atomic E-state index is 11.0. The number of esters is 1. The number of hydrogen-bond acceptors (Lipinski definition) is 2. The molecule has 14 heavy (non-hydrogen) atoms. The van der Waals surface area contributed by atoms with Gasteiger partial charge in [-0.05, 0) is 30.8 Å². The fraction of sp³-hybridized carbons (Fsp3) is 0.750. The minimum Gasteiger partial charge on any atom is -0.455 e. The Balaban J connectivity index is 2.26. The normalized spacial score (nSPS) is 42.9. The smallest absolute Gasteiger partial charge is 0.303 e. The predicted octanol–water partition coefficient (Wildman–Crippen LogP) is 2.54. The second-order valence-electron chi connectivity index (χ2n) is 5.35. The van der Waals surface area contributed by atoms with E-state index in [9.17, 15) is 4.79 Å². The summed E-state index contributed by atoms with van der Waals surface area (Å²) in [6, 6.07) is 0. The summed E-state index contributed by atoms with van der Waals surface area (Å²) >= 11 is 0. The fourth-order valence-corrected chi connectivity index (χ4v) is 3.10. The van der Waals surface area contributed by atoms with Crippen molar-refractivity contribution in [1.82, 2.24) is 0 Å². The number of allylic oxidation sites excluding steroid dienone is 1. The monoisotopic (exact) mass is 194 g/mol. The molecule has 1 saturated carbocycles. The molecule has 3 aliphatic rings. The van der Waals surface area contributed by atoms with Crippen LogP contribution in [-0.4, -0.2) is 11.6 Å². The lowest BCUT2D eigenvalue weighted by Gasteiger charge is -2.60. The minimum atomic E-state index is -0.371. The van der Waals surface area contributed by atoms with E-state index in [1.807, 2.05) is 6.92 Å². The highest BCUT2D eigenvalue weighted by Crippen LogP contribution is 2.60. The molecule has 2 heteroatoms. The summed E-state index contributed by atoms with van der Waals surface area (Å²) in [5, 5.41) is 0. The molecule has 0 N–H and O–H groups in total. The van der Waals surface area contributed by atoms with E-state index in [1.165, 1.54) is 6.92 Å². The van der Waals surface area contributed by atoms with Crippen LogP contribution in [0.15, 0.2) is 12.2 Å². The van der Waals surface area contributed by atoms with Gasteiger partial charge in [-0.1, -0.05) is 19.9 Å². The average Bonchev–Trinajstić information content (AvgIpc) is 2.00. The first-order chi connectivity index (χ1) is 6.36. The average molecular weight is 194 g/mol. The summed E-state index contributed by atoms with van der Waals surface area (Å²) in [4.78, 5) is 11.0. The Hall–Kier alpha value is -0.790. The minimum absolute atomic E-state index is 0.182. The van der Waals surface area contributed by atoms with E-state index in [1.54, 1.807) is 0 Å². The molecule has 0 aromatic carbocycles. The predicted molar refractivity (Wildman–Crippen MR) is 54.7 cm³/mol. The van der Waals surface area contributed by atoms with Crippen LogP contribution in [0.3, 0.4) is 0 Å². The maximum absolute atomic E-state index is 11.0. The Labute approximate surface area is 85.3 Å². The fourth-order valence-electron chi connectivity index (χ4n) is 3.10. The molecule has 0 radical (unpaired) electrons. The molecule has 78 valence electrons. The van der Waals surface area contributed by atoms with Crippen molar-refractivity contribution in [2.75, 3.05) is 0 Å². The van der Waals surface area contributed by atoms with Crippen molar-refractivity contribution in [2.24, 2.45) is 17.3 Å². The maximum Gasteiger partial charge on any atom is 0.303 e.